The molecule has 0 heterocycles. The van der Waals surface area contributed by atoms with Gasteiger partial charge in [0.2, 0.25) is 0 Å². The third-order valence-corrected chi connectivity index (χ3v) is 3.68. The van der Waals surface area contributed by atoms with E-state index in [1.807, 2.05) is 0 Å². The number of nitrogens with two attached hydrogens (primary N) is 1. The summed E-state index contributed by atoms with van der Waals surface area (Å²) >= 11 is 5.19. The van der Waals surface area contributed by atoms with Crippen LogP contribution >= 0.6 is 12.2 Å². The van der Waals surface area contributed by atoms with Crippen molar-refractivity contribution in [3.8, 4) is 0 Å². The summed E-state index contributed by atoms with van der Waals surface area (Å²) in [7, 11) is 0. The highest BCUT2D eigenvalue weighted by atomic mass is 32.1. The van der Waals surface area contributed by atoms with E-state index in [0.717, 1.165) is 12.1 Å². The van der Waals surface area contributed by atoms with Crippen LogP contribution in [-0.2, 0) is 6.18 Å². The lowest BCUT2D eigenvalue weighted by molar-refractivity contribution is -0.137. The number of rotatable bonds is 5. The molecule has 2 aromatic rings. The molecule has 0 saturated heterocycles. The third-order valence-electron chi connectivity index (χ3n) is 3.46. The molecule has 2 rings (SSSR count). The van der Waals surface area contributed by atoms with Gasteiger partial charge in [-0.3, -0.25) is 0 Å². The molecule has 26 heavy (non-hydrogen) atoms. The minimum Gasteiger partial charge on any atom is -0.397 e. The smallest absolute Gasteiger partial charge is 0.397 e. The molecule has 6 nitrogen and oxygen atoms in total. The molecule has 0 spiro atoms. The number of halogens is 3. The van der Waals surface area contributed by atoms with Crippen LogP contribution in [0.4, 0.5) is 24.5 Å². The summed E-state index contributed by atoms with van der Waals surface area (Å²) in [6.45, 7) is -0.121. The van der Waals surface area contributed by atoms with Crippen LogP contribution in [0.3, 0.4) is 0 Å². The van der Waals surface area contributed by atoms with Gasteiger partial charge < -0.3 is 16.4 Å². The Balaban J connectivity index is 2.21. The van der Waals surface area contributed by atoms with Crippen LogP contribution in [0.2, 0.25) is 0 Å². The predicted octanol–water partition coefficient (Wildman–Crippen LogP) is 4.63. The summed E-state index contributed by atoms with van der Waals surface area (Å²) in [6.07, 6.45) is -4.48. The zero-order valence-corrected chi connectivity index (χ0v) is 14.2. The molecule has 1 atom stereocenters. The Kier molecular flexibility index (Phi) is 6.26. The van der Waals surface area contributed by atoms with E-state index >= 15 is 0 Å². The summed E-state index contributed by atoms with van der Waals surface area (Å²) in [4.78, 5) is 2.66. The van der Waals surface area contributed by atoms with Crippen molar-refractivity contribution < 1.29 is 13.2 Å². The minimum atomic E-state index is -4.48. The first-order valence-corrected chi connectivity index (χ1v) is 7.82. The average molecular weight is 380 g/mol. The average Bonchev–Trinajstić information content (AvgIpc) is 2.60. The molecular weight excluding hydrogens is 365 g/mol. The Morgan fingerprint density at radius 3 is 2.62 bits per heavy atom. The zero-order chi connectivity index (χ0) is 19.2. The highest BCUT2D eigenvalue weighted by Gasteiger charge is 2.31. The second-order valence-corrected chi connectivity index (χ2v) is 5.68. The lowest BCUT2D eigenvalue weighted by atomic mass is 10.0. The van der Waals surface area contributed by atoms with Gasteiger partial charge in [-0.25, -0.2) is 0 Å². The number of alkyl halides is 3. The van der Waals surface area contributed by atoms with E-state index in [0.29, 0.717) is 11.4 Å². The number of hydrogen-bond donors (Lipinski definition) is 3. The van der Waals surface area contributed by atoms with Gasteiger partial charge in [0.15, 0.2) is 5.11 Å². The van der Waals surface area contributed by atoms with Gasteiger partial charge in [0.05, 0.1) is 29.5 Å². The van der Waals surface area contributed by atoms with Crippen LogP contribution in [0.1, 0.15) is 17.2 Å². The van der Waals surface area contributed by atoms with E-state index in [2.05, 4.69) is 20.7 Å². The number of hydrogen-bond acceptors (Lipinski definition) is 3. The van der Waals surface area contributed by atoms with Gasteiger partial charge in [-0.2, -0.15) is 13.2 Å². The number of thiocarbonyl (C=S) groups is 1. The topological polar surface area (TPSA) is 98.8 Å². The van der Waals surface area contributed by atoms with Gasteiger partial charge in [0.25, 0.3) is 0 Å². The molecule has 0 saturated carbocycles. The Bertz CT molecular complexity index is 833. The highest BCUT2D eigenvalue weighted by Crippen LogP contribution is 2.31. The molecule has 0 aromatic heterocycles. The maximum absolute atomic E-state index is 12.9. The molecule has 0 radical (unpaired) electrons. The van der Waals surface area contributed by atoms with Crippen molar-refractivity contribution in [3.63, 3.8) is 0 Å². The Morgan fingerprint density at radius 2 is 1.96 bits per heavy atom. The fourth-order valence-corrected chi connectivity index (χ4v) is 2.46. The van der Waals surface area contributed by atoms with Crippen molar-refractivity contribution in [2.45, 2.75) is 12.2 Å². The molecule has 0 bridgehead atoms. The molecular formula is C16H15F3N6S. The van der Waals surface area contributed by atoms with Crippen LogP contribution in [-0.4, -0.2) is 11.7 Å². The van der Waals surface area contributed by atoms with E-state index < -0.39 is 17.8 Å². The van der Waals surface area contributed by atoms with Crippen LogP contribution in [0, 0.1) is 0 Å². The van der Waals surface area contributed by atoms with Crippen molar-refractivity contribution >= 4 is 28.7 Å². The fraction of sp³-hybridized carbons (Fsp3) is 0.188. The first kappa shape index (κ1) is 19.4. The van der Waals surface area contributed by atoms with Crippen LogP contribution in [0.5, 0.6) is 0 Å². The zero-order valence-electron chi connectivity index (χ0n) is 13.4. The fourth-order valence-electron chi connectivity index (χ4n) is 2.21. The van der Waals surface area contributed by atoms with Gasteiger partial charge >= 0.3 is 6.18 Å². The van der Waals surface area contributed by atoms with Crippen molar-refractivity contribution in [3.05, 3.63) is 70.1 Å². The first-order valence-electron chi connectivity index (χ1n) is 7.41. The third kappa shape index (κ3) is 5.27. The number of para-hydroxylation sites is 2. The second-order valence-electron chi connectivity index (χ2n) is 5.27. The quantitative estimate of drug-likeness (QED) is 0.232. The number of benzene rings is 2. The Labute approximate surface area is 152 Å². The molecule has 10 heteroatoms. The van der Waals surface area contributed by atoms with E-state index in [1.54, 1.807) is 24.3 Å². The van der Waals surface area contributed by atoms with Gasteiger partial charge in [-0.1, -0.05) is 29.4 Å². The molecule has 2 aromatic carbocycles. The standard InChI is InChI=1S/C16H15F3N6S/c17-16(18,19)11-5-3-4-10(8-11)14(9-22-25-21)24-15(26)23-13-7-2-1-6-12(13)20/h1-8,14H,9,20H2,(H2,23,24,26). The van der Waals surface area contributed by atoms with E-state index in [9.17, 15) is 13.2 Å². The highest BCUT2D eigenvalue weighted by molar-refractivity contribution is 7.80. The number of azide groups is 1. The molecule has 0 fully saturated rings. The molecule has 0 aliphatic carbocycles. The molecule has 0 aliphatic rings. The van der Waals surface area contributed by atoms with Gasteiger partial charge in [0.1, 0.15) is 0 Å². The van der Waals surface area contributed by atoms with Crippen LogP contribution < -0.4 is 16.4 Å². The van der Waals surface area contributed by atoms with E-state index in [4.69, 9.17) is 23.5 Å². The largest absolute Gasteiger partial charge is 0.416 e. The van der Waals surface area contributed by atoms with Crippen molar-refractivity contribution in [1.82, 2.24) is 5.32 Å². The number of anilines is 2. The molecule has 4 N–H and O–H groups in total. The Hall–Kier alpha value is -2.97. The maximum Gasteiger partial charge on any atom is 0.416 e. The summed E-state index contributed by atoms with van der Waals surface area (Å²) in [5.74, 6) is 0. The minimum absolute atomic E-state index is 0.121. The summed E-state index contributed by atoms with van der Waals surface area (Å²) in [5, 5.41) is 9.31. The van der Waals surface area contributed by atoms with E-state index in [-0.39, 0.29) is 17.2 Å². The van der Waals surface area contributed by atoms with Gasteiger partial charge in [-0.05, 0) is 47.6 Å². The summed E-state index contributed by atoms with van der Waals surface area (Å²) in [6, 6.07) is 10.9. The van der Waals surface area contributed by atoms with Crippen molar-refractivity contribution in [2.24, 2.45) is 5.11 Å². The van der Waals surface area contributed by atoms with Gasteiger partial charge in [0, 0.05) is 4.91 Å². The normalized spacial score (nSPS) is 12.0. The van der Waals surface area contributed by atoms with Crippen LogP contribution in [0.25, 0.3) is 10.4 Å². The van der Waals surface area contributed by atoms with Crippen LogP contribution in [0.15, 0.2) is 53.6 Å². The number of nitrogens with one attached hydrogen (secondary N) is 2. The predicted molar refractivity (Wildman–Crippen MR) is 98.4 cm³/mol. The van der Waals surface area contributed by atoms with Crippen molar-refractivity contribution in [1.29, 1.82) is 0 Å². The Morgan fingerprint density at radius 1 is 1.23 bits per heavy atom. The monoisotopic (exact) mass is 380 g/mol. The summed E-state index contributed by atoms with van der Waals surface area (Å²) in [5.41, 5.74) is 14.9. The maximum atomic E-state index is 12.9. The lowest BCUT2D eigenvalue weighted by Gasteiger charge is -2.21. The van der Waals surface area contributed by atoms with E-state index in [1.165, 1.54) is 12.1 Å². The molecule has 0 aliphatic heterocycles. The molecule has 136 valence electrons. The SMILES string of the molecule is [N-]=[N+]=NCC(NC(=S)Nc1ccccc1N)c1cccc(C(F)(F)F)c1. The lowest BCUT2D eigenvalue weighted by Crippen LogP contribution is -2.34. The van der Waals surface area contributed by atoms with Gasteiger partial charge in [-0.15, -0.1) is 0 Å². The van der Waals surface area contributed by atoms with Crippen molar-refractivity contribution in [2.75, 3.05) is 17.6 Å². The molecule has 0 amide bonds. The first-order chi connectivity index (χ1) is 12.3. The summed E-state index contributed by atoms with van der Waals surface area (Å²) < 4.78 is 38.8. The number of nitrogens with zero attached hydrogens (tertiary/aromatic N) is 3. The second kappa shape index (κ2) is 8.41. The molecule has 1 unspecified atom stereocenters. The number of nitrogen functional groups attached to an aromatic ring is 1.